The van der Waals surface area contributed by atoms with Crippen molar-refractivity contribution in [3.05, 3.63) is 0 Å². The maximum Gasteiger partial charge on any atom is 0.0576 e. The van der Waals surface area contributed by atoms with Crippen molar-refractivity contribution in [2.45, 2.75) is 44.2 Å². The number of nitrogens with one attached hydrogen (secondary N) is 1. The molecule has 0 saturated carbocycles. The van der Waals surface area contributed by atoms with E-state index in [-0.39, 0.29) is 0 Å². The fourth-order valence-electron chi connectivity index (χ4n) is 2.23. The highest BCUT2D eigenvalue weighted by atomic mass is 16.5. The summed E-state index contributed by atoms with van der Waals surface area (Å²) >= 11 is 0. The Morgan fingerprint density at radius 1 is 1.47 bits per heavy atom. The van der Waals surface area contributed by atoms with Gasteiger partial charge >= 0.3 is 0 Å². The number of likely N-dealkylation sites (N-methyl/N-ethyl adjacent to an activating group) is 2. The zero-order chi connectivity index (χ0) is 11.1. The maximum absolute atomic E-state index is 5.62. The van der Waals surface area contributed by atoms with Gasteiger partial charge in [0.1, 0.15) is 0 Å². The van der Waals surface area contributed by atoms with Crippen molar-refractivity contribution in [3.63, 3.8) is 0 Å². The quantitative estimate of drug-likeness (QED) is 0.695. The van der Waals surface area contributed by atoms with Crippen molar-refractivity contribution in [2.75, 3.05) is 34.3 Å². The van der Waals surface area contributed by atoms with Gasteiger partial charge in [0.15, 0.2) is 0 Å². The van der Waals surface area contributed by atoms with Gasteiger partial charge in [-0.05, 0) is 53.2 Å². The third-order valence-electron chi connectivity index (χ3n) is 3.10. The summed E-state index contributed by atoms with van der Waals surface area (Å²) in [5.41, 5.74) is 0. The molecule has 1 aliphatic heterocycles. The molecule has 0 aromatic carbocycles. The molecule has 1 saturated heterocycles. The van der Waals surface area contributed by atoms with Crippen LogP contribution in [-0.4, -0.2) is 51.3 Å². The van der Waals surface area contributed by atoms with Crippen LogP contribution in [0.3, 0.4) is 0 Å². The molecule has 0 radical (unpaired) electrons. The first-order valence-electron chi connectivity index (χ1n) is 6.16. The Balaban J connectivity index is 2.05. The molecule has 0 bridgehead atoms. The van der Waals surface area contributed by atoms with Gasteiger partial charge in [0.05, 0.1) is 6.10 Å². The molecule has 2 atom stereocenters. The zero-order valence-electron chi connectivity index (χ0n) is 10.5. The fourth-order valence-corrected chi connectivity index (χ4v) is 2.23. The SMILES string of the molecule is CNC(CCCC1CCCO1)CN(C)C. The Labute approximate surface area is 94.2 Å². The normalized spacial score (nSPS) is 23.6. The molecule has 0 aliphatic carbocycles. The number of hydrogen-bond acceptors (Lipinski definition) is 3. The molecule has 1 rings (SSSR count). The molecule has 0 spiro atoms. The lowest BCUT2D eigenvalue weighted by Crippen LogP contribution is -2.36. The van der Waals surface area contributed by atoms with Crippen molar-refractivity contribution in [1.29, 1.82) is 0 Å². The minimum absolute atomic E-state index is 0.557. The molecule has 0 aromatic rings. The van der Waals surface area contributed by atoms with E-state index in [0.717, 1.165) is 13.2 Å². The second-order valence-corrected chi connectivity index (χ2v) is 4.81. The Kier molecular flexibility index (Phi) is 6.22. The molecule has 2 unspecified atom stereocenters. The van der Waals surface area contributed by atoms with Gasteiger partial charge < -0.3 is 15.0 Å². The molecule has 1 heterocycles. The fraction of sp³-hybridized carbons (Fsp3) is 1.00. The number of rotatable bonds is 7. The molecule has 3 nitrogen and oxygen atoms in total. The van der Waals surface area contributed by atoms with Crippen molar-refractivity contribution in [3.8, 4) is 0 Å². The summed E-state index contributed by atoms with van der Waals surface area (Å²) in [5, 5.41) is 3.38. The van der Waals surface area contributed by atoms with Crippen LogP contribution in [0, 0.1) is 0 Å². The minimum atomic E-state index is 0.557. The van der Waals surface area contributed by atoms with Gasteiger partial charge in [-0.3, -0.25) is 0 Å². The lowest BCUT2D eigenvalue weighted by atomic mass is 10.1. The standard InChI is InChI=1S/C12H26N2O/c1-13-11(10-14(2)3)6-4-7-12-8-5-9-15-12/h11-13H,4-10H2,1-3H3. The summed E-state index contributed by atoms with van der Waals surface area (Å²) in [6, 6.07) is 0.626. The number of ether oxygens (including phenoxy) is 1. The Morgan fingerprint density at radius 3 is 2.80 bits per heavy atom. The molecule has 1 fully saturated rings. The zero-order valence-corrected chi connectivity index (χ0v) is 10.5. The van der Waals surface area contributed by atoms with E-state index < -0.39 is 0 Å². The first-order valence-corrected chi connectivity index (χ1v) is 6.16. The van der Waals surface area contributed by atoms with E-state index in [9.17, 15) is 0 Å². The first-order chi connectivity index (χ1) is 7.22. The topological polar surface area (TPSA) is 24.5 Å². The predicted molar refractivity (Wildman–Crippen MR) is 64.2 cm³/mol. The monoisotopic (exact) mass is 214 g/mol. The van der Waals surface area contributed by atoms with Crippen LogP contribution >= 0.6 is 0 Å². The van der Waals surface area contributed by atoms with E-state index in [0.29, 0.717) is 12.1 Å². The van der Waals surface area contributed by atoms with Gasteiger partial charge in [0, 0.05) is 19.2 Å². The van der Waals surface area contributed by atoms with Crippen molar-refractivity contribution in [1.82, 2.24) is 10.2 Å². The highest BCUT2D eigenvalue weighted by molar-refractivity contribution is 4.70. The highest BCUT2D eigenvalue weighted by Crippen LogP contribution is 2.18. The lowest BCUT2D eigenvalue weighted by Gasteiger charge is -2.21. The third-order valence-corrected chi connectivity index (χ3v) is 3.10. The summed E-state index contributed by atoms with van der Waals surface area (Å²) in [4.78, 5) is 2.24. The Hall–Kier alpha value is -0.120. The molecule has 0 aromatic heterocycles. The summed E-state index contributed by atoms with van der Waals surface area (Å²) in [7, 11) is 6.31. The van der Waals surface area contributed by atoms with Crippen LogP contribution in [0.1, 0.15) is 32.1 Å². The molecule has 0 amide bonds. The lowest BCUT2D eigenvalue weighted by molar-refractivity contribution is 0.101. The molecule has 90 valence electrons. The maximum atomic E-state index is 5.62. The van der Waals surface area contributed by atoms with Crippen LogP contribution in [0.4, 0.5) is 0 Å². The summed E-state index contributed by atoms with van der Waals surface area (Å²) < 4.78 is 5.62. The second-order valence-electron chi connectivity index (χ2n) is 4.81. The average molecular weight is 214 g/mol. The largest absolute Gasteiger partial charge is 0.378 e. The minimum Gasteiger partial charge on any atom is -0.378 e. The van der Waals surface area contributed by atoms with Crippen molar-refractivity contribution in [2.24, 2.45) is 0 Å². The van der Waals surface area contributed by atoms with Gasteiger partial charge in [-0.2, -0.15) is 0 Å². The van der Waals surface area contributed by atoms with Crippen molar-refractivity contribution < 1.29 is 4.74 Å². The van der Waals surface area contributed by atoms with E-state index in [1.165, 1.54) is 32.1 Å². The molecular weight excluding hydrogens is 188 g/mol. The molecule has 15 heavy (non-hydrogen) atoms. The van der Waals surface area contributed by atoms with Crippen LogP contribution in [0.15, 0.2) is 0 Å². The van der Waals surface area contributed by atoms with Gasteiger partial charge in [-0.25, -0.2) is 0 Å². The second kappa shape index (κ2) is 7.20. The third kappa shape index (κ3) is 5.50. The van der Waals surface area contributed by atoms with Gasteiger partial charge in [-0.1, -0.05) is 0 Å². The molecule has 1 aliphatic rings. The van der Waals surface area contributed by atoms with Crippen molar-refractivity contribution >= 4 is 0 Å². The van der Waals surface area contributed by atoms with E-state index in [4.69, 9.17) is 4.74 Å². The first kappa shape index (κ1) is 12.9. The van der Waals surface area contributed by atoms with E-state index in [1.54, 1.807) is 0 Å². The van der Waals surface area contributed by atoms with Crippen LogP contribution in [0.25, 0.3) is 0 Å². The van der Waals surface area contributed by atoms with Crippen LogP contribution < -0.4 is 5.32 Å². The summed E-state index contributed by atoms with van der Waals surface area (Å²) in [6.45, 7) is 2.11. The number of hydrogen-bond donors (Lipinski definition) is 1. The van der Waals surface area contributed by atoms with E-state index >= 15 is 0 Å². The van der Waals surface area contributed by atoms with Crippen LogP contribution in [-0.2, 0) is 4.74 Å². The van der Waals surface area contributed by atoms with Gasteiger partial charge in [0.25, 0.3) is 0 Å². The summed E-state index contributed by atoms with van der Waals surface area (Å²) in [5.74, 6) is 0. The molecule has 3 heteroatoms. The van der Waals surface area contributed by atoms with E-state index in [1.807, 2.05) is 0 Å². The summed E-state index contributed by atoms with van der Waals surface area (Å²) in [6.07, 6.45) is 6.88. The van der Waals surface area contributed by atoms with Crippen LogP contribution in [0.2, 0.25) is 0 Å². The average Bonchev–Trinajstić information content (AvgIpc) is 2.68. The highest BCUT2D eigenvalue weighted by Gasteiger charge is 2.15. The van der Waals surface area contributed by atoms with Crippen LogP contribution in [0.5, 0.6) is 0 Å². The Morgan fingerprint density at radius 2 is 2.27 bits per heavy atom. The Bertz CT molecular complexity index is 156. The molecular formula is C12H26N2O. The molecule has 1 N–H and O–H groups in total. The smallest absolute Gasteiger partial charge is 0.0576 e. The predicted octanol–water partition coefficient (Wildman–Crippen LogP) is 1.49. The van der Waals surface area contributed by atoms with E-state index in [2.05, 4.69) is 31.4 Å². The number of nitrogens with zero attached hydrogens (tertiary/aromatic N) is 1. The van der Waals surface area contributed by atoms with Gasteiger partial charge in [-0.15, -0.1) is 0 Å². The van der Waals surface area contributed by atoms with Gasteiger partial charge in [0.2, 0.25) is 0 Å².